The standard InChI is InChI=1S/C13H19ClN2OS/c1-13(2,3)6-8-15-11(17)9-18-12-10(14)5-4-7-16-12/h4-5,7H,6,8-9H2,1-3H3,(H,15,17). The topological polar surface area (TPSA) is 42.0 Å². The summed E-state index contributed by atoms with van der Waals surface area (Å²) in [6.07, 6.45) is 2.64. The maximum Gasteiger partial charge on any atom is 0.230 e. The molecule has 0 unspecified atom stereocenters. The van der Waals surface area contributed by atoms with Crippen LogP contribution in [-0.2, 0) is 4.79 Å². The van der Waals surface area contributed by atoms with Crippen molar-refractivity contribution in [2.75, 3.05) is 12.3 Å². The van der Waals surface area contributed by atoms with E-state index in [1.807, 2.05) is 0 Å². The van der Waals surface area contributed by atoms with Crippen LogP contribution in [0.3, 0.4) is 0 Å². The Kier molecular flexibility index (Phi) is 5.96. The van der Waals surface area contributed by atoms with E-state index >= 15 is 0 Å². The molecule has 1 heterocycles. The summed E-state index contributed by atoms with van der Waals surface area (Å²) < 4.78 is 0. The molecule has 1 amide bonds. The van der Waals surface area contributed by atoms with Crippen LogP contribution in [0.25, 0.3) is 0 Å². The smallest absolute Gasteiger partial charge is 0.230 e. The zero-order chi connectivity index (χ0) is 13.6. The fraction of sp³-hybridized carbons (Fsp3) is 0.538. The van der Waals surface area contributed by atoms with Gasteiger partial charge in [-0.2, -0.15) is 0 Å². The monoisotopic (exact) mass is 286 g/mol. The molecule has 0 spiro atoms. The molecule has 1 rings (SSSR count). The third-order valence-corrected chi connectivity index (χ3v) is 3.68. The first kappa shape index (κ1) is 15.3. The summed E-state index contributed by atoms with van der Waals surface area (Å²) in [4.78, 5) is 15.7. The van der Waals surface area contributed by atoms with Crippen LogP contribution in [0.2, 0.25) is 5.02 Å². The van der Waals surface area contributed by atoms with E-state index in [1.165, 1.54) is 11.8 Å². The second kappa shape index (κ2) is 7.00. The summed E-state index contributed by atoms with van der Waals surface area (Å²) in [6.45, 7) is 7.17. The van der Waals surface area contributed by atoms with Crippen molar-refractivity contribution in [2.24, 2.45) is 5.41 Å². The first-order valence-corrected chi connectivity index (χ1v) is 7.25. The zero-order valence-electron chi connectivity index (χ0n) is 11.0. The Bertz CT molecular complexity index is 404. The minimum absolute atomic E-state index is 0.0194. The van der Waals surface area contributed by atoms with E-state index in [1.54, 1.807) is 18.3 Å². The Labute approximate surface area is 118 Å². The first-order chi connectivity index (χ1) is 8.38. The van der Waals surface area contributed by atoms with Gasteiger partial charge in [0.1, 0.15) is 5.03 Å². The lowest BCUT2D eigenvalue weighted by molar-refractivity contribution is -0.118. The number of hydrogen-bond donors (Lipinski definition) is 1. The number of carbonyl (C=O) groups excluding carboxylic acids is 1. The van der Waals surface area contributed by atoms with Gasteiger partial charge in [0.05, 0.1) is 10.8 Å². The van der Waals surface area contributed by atoms with Gasteiger partial charge in [-0.3, -0.25) is 4.79 Å². The zero-order valence-corrected chi connectivity index (χ0v) is 12.6. The fourth-order valence-electron chi connectivity index (χ4n) is 1.24. The third-order valence-electron chi connectivity index (χ3n) is 2.26. The molecule has 100 valence electrons. The SMILES string of the molecule is CC(C)(C)CCNC(=O)CSc1ncccc1Cl. The highest BCUT2D eigenvalue weighted by Gasteiger charge is 2.11. The van der Waals surface area contributed by atoms with Crippen LogP contribution in [0, 0.1) is 5.41 Å². The van der Waals surface area contributed by atoms with E-state index in [0.29, 0.717) is 22.3 Å². The van der Waals surface area contributed by atoms with Crippen molar-refractivity contribution < 1.29 is 4.79 Å². The Morgan fingerprint density at radius 1 is 1.50 bits per heavy atom. The minimum Gasteiger partial charge on any atom is -0.355 e. The molecule has 3 nitrogen and oxygen atoms in total. The van der Waals surface area contributed by atoms with E-state index < -0.39 is 0 Å². The Morgan fingerprint density at radius 3 is 2.83 bits per heavy atom. The Balaban J connectivity index is 2.28. The quantitative estimate of drug-likeness (QED) is 0.844. The lowest BCUT2D eigenvalue weighted by atomic mass is 9.92. The van der Waals surface area contributed by atoms with E-state index in [2.05, 4.69) is 31.1 Å². The van der Waals surface area contributed by atoms with Crippen molar-refractivity contribution in [1.82, 2.24) is 10.3 Å². The van der Waals surface area contributed by atoms with Crippen molar-refractivity contribution in [3.8, 4) is 0 Å². The molecule has 18 heavy (non-hydrogen) atoms. The molecule has 0 radical (unpaired) electrons. The molecule has 1 aromatic rings. The average Bonchev–Trinajstić information content (AvgIpc) is 2.26. The van der Waals surface area contributed by atoms with E-state index in [9.17, 15) is 4.79 Å². The van der Waals surface area contributed by atoms with E-state index in [4.69, 9.17) is 11.6 Å². The molecule has 1 aromatic heterocycles. The van der Waals surface area contributed by atoms with Gasteiger partial charge in [0.25, 0.3) is 0 Å². The predicted molar refractivity (Wildman–Crippen MR) is 77.1 cm³/mol. The molecule has 0 aliphatic heterocycles. The summed E-state index contributed by atoms with van der Waals surface area (Å²) in [5, 5.41) is 4.19. The van der Waals surface area contributed by atoms with Crippen molar-refractivity contribution in [1.29, 1.82) is 0 Å². The van der Waals surface area contributed by atoms with Gasteiger partial charge in [0.15, 0.2) is 0 Å². The molecule has 5 heteroatoms. The van der Waals surface area contributed by atoms with Crippen LogP contribution in [0.15, 0.2) is 23.4 Å². The van der Waals surface area contributed by atoms with Gasteiger partial charge < -0.3 is 5.32 Å². The largest absolute Gasteiger partial charge is 0.355 e. The summed E-state index contributed by atoms with van der Waals surface area (Å²) in [5.74, 6) is 0.368. The molecule has 0 aliphatic rings. The molecule has 0 saturated carbocycles. The molecular formula is C13H19ClN2OS. The lowest BCUT2D eigenvalue weighted by Crippen LogP contribution is -2.28. The fourth-order valence-corrected chi connectivity index (χ4v) is 2.24. The van der Waals surface area contributed by atoms with Gasteiger partial charge in [-0.05, 0) is 24.0 Å². The number of nitrogens with zero attached hydrogens (tertiary/aromatic N) is 1. The number of aromatic nitrogens is 1. The Hall–Kier alpha value is -0.740. The maximum atomic E-state index is 11.6. The second-order valence-electron chi connectivity index (χ2n) is 5.24. The van der Waals surface area contributed by atoms with Gasteiger partial charge in [0, 0.05) is 12.7 Å². The predicted octanol–water partition coefficient (Wildman–Crippen LogP) is 3.38. The molecule has 1 N–H and O–H groups in total. The van der Waals surface area contributed by atoms with Crippen molar-refractivity contribution in [3.63, 3.8) is 0 Å². The van der Waals surface area contributed by atoms with Crippen molar-refractivity contribution in [3.05, 3.63) is 23.4 Å². The number of pyridine rings is 1. The number of thioether (sulfide) groups is 1. The molecule has 0 aromatic carbocycles. The molecule has 0 atom stereocenters. The summed E-state index contributed by atoms with van der Waals surface area (Å²) in [5.41, 5.74) is 0.241. The highest BCUT2D eigenvalue weighted by atomic mass is 35.5. The summed E-state index contributed by atoms with van der Waals surface area (Å²) in [6, 6.07) is 3.55. The molecular weight excluding hydrogens is 268 g/mol. The number of rotatable bonds is 5. The van der Waals surface area contributed by atoms with Crippen LogP contribution in [0.4, 0.5) is 0 Å². The van der Waals surface area contributed by atoms with Crippen LogP contribution in [0.5, 0.6) is 0 Å². The van der Waals surface area contributed by atoms with Gasteiger partial charge in [-0.25, -0.2) is 4.98 Å². The normalized spacial score (nSPS) is 11.3. The van der Waals surface area contributed by atoms with Gasteiger partial charge >= 0.3 is 0 Å². The van der Waals surface area contributed by atoms with E-state index in [0.717, 1.165) is 6.42 Å². The number of hydrogen-bond acceptors (Lipinski definition) is 3. The summed E-state index contributed by atoms with van der Waals surface area (Å²) in [7, 11) is 0. The second-order valence-corrected chi connectivity index (χ2v) is 6.61. The molecule has 0 saturated heterocycles. The first-order valence-electron chi connectivity index (χ1n) is 5.88. The maximum absolute atomic E-state index is 11.6. The van der Waals surface area contributed by atoms with Gasteiger partial charge in [-0.15, -0.1) is 0 Å². The van der Waals surface area contributed by atoms with Crippen LogP contribution in [-0.4, -0.2) is 23.2 Å². The van der Waals surface area contributed by atoms with Crippen molar-refractivity contribution in [2.45, 2.75) is 32.2 Å². The van der Waals surface area contributed by atoms with Crippen molar-refractivity contribution >= 4 is 29.3 Å². The number of amides is 1. The number of nitrogens with one attached hydrogen (secondary N) is 1. The van der Waals surface area contributed by atoms with Crippen LogP contribution >= 0.6 is 23.4 Å². The highest BCUT2D eigenvalue weighted by molar-refractivity contribution is 8.00. The van der Waals surface area contributed by atoms with Crippen LogP contribution < -0.4 is 5.32 Å². The third kappa shape index (κ3) is 6.26. The van der Waals surface area contributed by atoms with E-state index in [-0.39, 0.29) is 11.3 Å². The average molecular weight is 287 g/mol. The molecule has 0 bridgehead atoms. The number of halogens is 1. The van der Waals surface area contributed by atoms with Crippen LogP contribution in [0.1, 0.15) is 27.2 Å². The van der Waals surface area contributed by atoms with Gasteiger partial charge in [-0.1, -0.05) is 44.1 Å². The molecule has 0 aliphatic carbocycles. The lowest BCUT2D eigenvalue weighted by Gasteiger charge is -2.17. The minimum atomic E-state index is 0.0194. The van der Waals surface area contributed by atoms with Gasteiger partial charge in [0.2, 0.25) is 5.91 Å². The molecule has 0 fully saturated rings. The summed E-state index contributed by atoms with van der Waals surface area (Å²) >= 11 is 7.31. The Morgan fingerprint density at radius 2 is 2.22 bits per heavy atom. The highest BCUT2D eigenvalue weighted by Crippen LogP contribution is 2.23. The number of carbonyl (C=O) groups is 1.